The van der Waals surface area contributed by atoms with Crippen LogP contribution in [0.4, 0.5) is 11.4 Å². The van der Waals surface area contributed by atoms with Gasteiger partial charge in [-0.05, 0) is 32.1 Å². The zero-order valence-corrected chi connectivity index (χ0v) is 10.6. The summed E-state index contributed by atoms with van der Waals surface area (Å²) in [5, 5.41) is 14.0. The van der Waals surface area contributed by atoms with E-state index in [-0.39, 0.29) is 10.6 Å². The van der Waals surface area contributed by atoms with Gasteiger partial charge in [-0.2, -0.15) is 0 Å². The molecule has 94 valence electrons. The van der Waals surface area contributed by atoms with Crippen LogP contribution in [0.1, 0.15) is 19.4 Å². The smallest absolute Gasteiger partial charge is 0.292 e. The number of benzene rings is 1. The van der Waals surface area contributed by atoms with Crippen LogP contribution < -0.4 is 5.32 Å². The molecule has 1 N–H and O–H groups in total. The largest absolute Gasteiger partial charge is 0.380 e. The van der Waals surface area contributed by atoms with E-state index in [1.165, 1.54) is 0 Å². The number of nitro benzene ring substituents is 1. The highest BCUT2D eigenvalue weighted by molar-refractivity contribution is 5.62. The lowest BCUT2D eigenvalue weighted by Crippen LogP contribution is -2.16. The molecule has 0 aromatic heterocycles. The summed E-state index contributed by atoms with van der Waals surface area (Å²) >= 11 is 0. The highest BCUT2D eigenvalue weighted by Gasteiger charge is 2.14. The summed E-state index contributed by atoms with van der Waals surface area (Å²) in [7, 11) is 1.99. The molecule has 0 spiro atoms. The third-order valence-corrected chi connectivity index (χ3v) is 2.62. The molecule has 1 aromatic rings. The van der Waals surface area contributed by atoms with Crippen LogP contribution in [0.15, 0.2) is 18.2 Å². The lowest BCUT2D eigenvalue weighted by molar-refractivity contribution is -0.384. The maximum absolute atomic E-state index is 11.0. The average molecular weight is 237 g/mol. The summed E-state index contributed by atoms with van der Waals surface area (Å²) in [6.45, 7) is 6.30. The van der Waals surface area contributed by atoms with Crippen LogP contribution in [-0.2, 0) is 6.54 Å². The number of hydrogen-bond acceptors (Lipinski definition) is 4. The highest BCUT2D eigenvalue weighted by Crippen LogP contribution is 2.25. The summed E-state index contributed by atoms with van der Waals surface area (Å²) < 4.78 is 0. The van der Waals surface area contributed by atoms with Crippen LogP contribution in [0, 0.1) is 10.1 Å². The van der Waals surface area contributed by atoms with E-state index >= 15 is 0 Å². The highest BCUT2D eigenvalue weighted by atomic mass is 16.6. The first kappa shape index (κ1) is 13.4. The van der Waals surface area contributed by atoms with Gasteiger partial charge in [0.05, 0.1) is 4.92 Å². The fourth-order valence-corrected chi connectivity index (χ4v) is 1.59. The van der Waals surface area contributed by atoms with E-state index < -0.39 is 0 Å². The SMILES string of the molecule is CCNc1ccc(CN(C)CC)cc1[N+](=O)[O-]. The zero-order valence-electron chi connectivity index (χ0n) is 10.6. The van der Waals surface area contributed by atoms with Crippen molar-refractivity contribution in [2.75, 3.05) is 25.5 Å². The molecule has 0 bridgehead atoms. The summed E-state index contributed by atoms with van der Waals surface area (Å²) in [6, 6.07) is 5.35. The van der Waals surface area contributed by atoms with E-state index in [1.807, 2.05) is 20.0 Å². The van der Waals surface area contributed by atoms with Crippen molar-refractivity contribution in [2.24, 2.45) is 0 Å². The minimum Gasteiger partial charge on any atom is -0.380 e. The molecule has 0 unspecified atom stereocenters. The lowest BCUT2D eigenvalue weighted by Gasteiger charge is -2.14. The van der Waals surface area contributed by atoms with Crippen molar-refractivity contribution in [3.63, 3.8) is 0 Å². The van der Waals surface area contributed by atoms with Crippen molar-refractivity contribution >= 4 is 11.4 Å². The number of nitro groups is 1. The zero-order chi connectivity index (χ0) is 12.8. The number of hydrogen-bond donors (Lipinski definition) is 1. The van der Waals surface area contributed by atoms with Gasteiger partial charge in [-0.1, -0.05) is 13.0 Å². The molecular weight excluding hydrogens is 218 g/mol. The quantitative estimate of drug-likeness (QED) is 0.610. The van der Waals surface area contributed by atoms with E-state index in [9.17, 15) is 10.1 Å². The molecular formula is C12H19N3O2. The summed E-state index contributed by atoms with van der Waals surface area (Å²) in [6.07, 6.45) is 0. The van der Waals surface area contributed by atoms with Crippen molar-refractivity contribution in [2.45, 2.75) is 20.4 Å². The molecule has 0 radical (unpaired) electrons. The molecule has 1 rings (SSSR count). The van der Waals surface area contributed by atoms with Gasteiger partial charge in [-0.25, -0.2) is 0 Å². The molecule has 0 saturated carbocycles. The van der Waals surface area contributed by atoms with Gasteiger partial charge in [0, 0.05) is 19.2 Å². The number of nitrogens with one attached hydrogen (secondary N) is 1. The normalized spacial score (nSPS) is 10.6. The van der Waals surface area contributed by atoms with E-state index in [1.54, 1.807) is 12.1 Å². The molecule has 0 aliphatic carbocycles. The second-order valence-corrected chi connectivity index (χ2v) is 3.97. The topological polar surface area (TPSA) is 58.4 Å². The van der Waals surface area contributed by atoms with Crippen molar-refractivity contribution < 1.29 is 4.92 Å². The van der Waals surface area contributed by atoms with Crippen molar-refractivity contribution in [3.05, 3.63) is 33.9 Å². The van der Waals surface area contributed by atoms with Gasteiger partial charge < -0.3 is 10.2 Å². The Balaban J connectivity index is 2.97. The first-order chi connectivity index (χ1) is 8.08. The number of rotatable bonds is 6. The Bertz CT molecular complexity index is 393. The lowest BCUT2D eigenvalue weighted by atomic mass is 10.1. The average Bonchev–Trinajstić information content (AvgIpc) is 2.31. The van der Waals surface area contributed by atoms with Crippen molar-refractivity contribution in [3.8, 4) is 0 Å². The first-order valence-electron chi connectivity index (χ1n) is 5.78. The molecule has 0 aliphatic heterocycles. The molecule has 5 nitrogen and oxygen atoms in total. The summed E-state index contributed by atoms with van der Waals surface area (Å²) in [5.74, 6) is 0. The molecule has 0 fully saturated rings. The molecule has 0 amide bonds. The molecule has 0 saturated heterocycles. The van der Waals surface area contributed by atoms with Gasteiger partial charge in [-0.15, -0.1) is 0 Å². The van der Waals surface area contributed by atoms with Crippen LogP contribution in [0.2, 0.25) is 0 Å². The Kier molecular flexibility index (Phi) is 4.90. The van der Waals surface area contributed by atoms with Gasteiger partial charge in [0.2, 0.25) is 0 Å². The van der Waals surface area contributed by atoms with Crippen LogP contribution in [0.3, 0.4) is 0 Å². The minimum atomic E-state index is -0.340. The fourth-order valence-electron chi connectivity index (χ4n) is 1.59. The number of nitrogens with zero attached hydrogens (tertiary/aromatic N) is 2. The maximum Gasteiger partial charge on any atom is 0.292 e. The van der Waals surface area contributed by atoms with Gasteiger partial charge in [-0.3, -0.25) is 10.1 Å². The van der Waals surface area contributed by atoms with E-state index in [4.69, 9.17) is 0 Å². The van der Waals surface area contributed by atoms with Crippen LogP contribution in [-0.4, -0.2) is 30.0 Å². The molecule has 0 atom stereocenters. The molecule has 0 heterocycles. The second-order valence-electron chi connectivity index (χ2n) is 3.97. The minimum absolute atomic E-state index is 0.147. The monoisotopic (exact) mass is 237 g/mol. The molecule has 5 heteroatoms. The third-order valence-electron chi connectivity index (χ3n) is 2.62. The van der Waals surface area contributed by atoms with E-state index in [0.29, 0.717) is 12.2 Å². The summed E-state index contributed by atoms with van der Waals surface area (Å²) in [5.41, 5.74) is 1.69. The van der Waals surface area contributed by atoms with Crippen molar-refractivity contribution in [1.29, 1.82) is 0 Å². The van der Waals surface area contributed by atoms with E-state index in [2.05, 4.69) is 17.1 Å². The van der Waals surface area contributed by atoms with Gasteiger partial charge in [0.25, 0.3) is 5.69 Å². The Morgan fingerprint density at radius 3 is 2.65 bits per heavy atom. The summed E-state index contributed by atoms with van der Waals surface area (Å²) in [4.78, 5) is 12.7. The second kappa shape index (κ2) is 6.20. The molecule has 1 aromatic carbocycles. The van der Waals surface area contributed by atoms with Gasteiger partial charge >= 0.3 is 0 Å². The standard InChI is InChI=1S/C12H19N3O2/c1-4-13-11-7-6-10(9-14(3)5-2)8-12(11)15(16)17/h6-8,13H,4-5,9H2,1-3H3. The molecule has 0 aliphatic rings. The van der Waals surface area contributed by atoms with Crippen LogP contribution in [0.5, 0.6) is 0 Å². The first-order valence-corrected chi connectivity index (χ1v) is 5.78. The number of anilines is 1. The maximum atomic E-state index is 11.0. The van der Waals surface area contributed by atoms with Crippen LogP contribution >= 0.6 is 0 Å². The third kappa shape index (κ3) is 3.71. The van der Waals surface area contributed by atoms with Crippen molar-refractivity contribution in [1.82, 2.24) is 4.90 Å². The predicted octanol–water partition coefficient (Wildman–Crippen LogP) is 2.48. The Morgan fingerprint density at radius 1 is 1.41 bits per heavy atom. The Labute approximate surface area is 102 Å². The fraction of sp³-hybridized carbons (Fsp3) is 0.500. The molecule has 17 heavy (non-hydrogen) atoms. The Hall–Kier alpha value is -1.62. The van der Waals surface area contributed by atoms with E-state index in [0.717, 1.165) is 18.7 Å². The van der Waals surface area contributed by atoms with Gasteiger partial charge in [0.15, 0.2) is 0 Å². The predicted molar refractivity (Wildman–Crippen MR) is 69.3 cm³/mol. The van der Waals surface area contributed by atoms with Gasteiger partial charge in [0.1, 0.15) is 5.69 Å². The Morgan fingerprint density at radius 2 is 2.12 bits per heavy atom. The van der Waals surface area contributed by atoms with Crippen LogP contribution in [0.25, 0.3) is 0 Å².